The summed E-state index contributed by atoms with van der Waals surface area (Å²) < 4.78 is 13.8. The van der Waals surface area contributed by atoms with E-state index in [1.165, 1.54) is 5.69 Å². The van der Waals surface area contributed by atoms with Gasteiger partial charge in [-0.25, -0.2) is 4.99 Å². The van der Waals surface area contributed by atoms with Crippen molar-refractivity contribution in [2.75, 3.05) is 26.2 Å². The molecule has 28 heavy (non-hydrogen) atoms. The van der Waals surface area contributed by atoms with Gasteiger partial charge in [0.05, 0.1) is 12.2 Å². The lowest BCUT2D eigenvalue weighted by Gasteiger charge is -2.25. The van der Waals surface area contributed by atoms with E-state index in [0.29, 0.717) is 13.2 Å². The Morgan fingerprint density at radius 3 is 2.75 bits per heavy atom. The topological polar surface area (TPSA) is 72.7 Å². The number of fused-ring (bicyclic) bond motifs is 1. The van der Waals surface area contributed by atoms with Crippen LogP contribution in [0.5, 0.6) is 11.5 Å². The van der Waals surface area contributed by atoms with Gasteiger partial charge in [0.2, 0.25) is 0 Å². The van der Waals surface area contributed by atoms with Crippen molar-refractivity contribution in [1.82, 2.24) is 20.4 Å². The van der Waals surface area contributed by atoms with E-state index in [1.54, 1.807) is 0 Å². The van der Waals surface area contributed by atoms with Crippen LogP contribution >= 0.6 is 24.0 Å². The number of hydrogen-bond acceptors (Lipinski definition) is 4. The van der Waals surface area contributed by atoms with E-state index in [-0.39, 0.29) is 30.1 Å². The number of aliphatic imine (C=N–C) groups is 1. The molecule has 0 aliphatic carbocycles. The van der Waals surface area contributed by atoms with E-state index in [9.17, 15) is 0 Å². The monoisotopic (exact) mass is 499 g/mol. The standard InChI is InChI=1S/C20H29N5O2.HI/c1-4-21-20(22-10-7-11-25-16(3)12-15(2)24-25)23-13-17-14-26-18-8-5-6-9-19(18)27-17;/h5-6,8-9,12,17H,4,7,10-11,13-14H2,1-3H3,(H2,21,22,23);1H. The highest BCUT2D eigenvalue weighted by Gasteiger charge is 2.20. The first kappa shape index (κ1) is 22.3. The second kappa shape index (κ2) is 11.1. The third-order valence-corrected chi connectivity index (χ3v) is 4.31. The van der Waals surface area contributed by atoms with Gasteiger partial charge in [0.15, 0.2) is 23.6 Å². The lowest BCUT2D eigenvalue weighted by Crippen LogP contribution is -2.40. The van der Waals surface area contributed by atoms with Crippen molar-refractivity contribution < 1.29 is 9.47 Å². The van der Waals surface area contributed by atoms with Crippen LogP contribution in [0.1, 0.15) is 24.7 Å². The fourth-order valence-electron chi connectivity index (χ4n) is 3.02. The van der Waals surface area contributed by atoms with Crippen molar-refractivity contribution >= 4 is 29.9 Å². The van der Waals surface area contributed by atoms with Crippen LogP contribution < -0.4 is 20.1 Å². The van der Waals surface area contributed by atoms with Gasteiger partial charge in [-0.15, -0.1) is 24.0 Å². The Labute approximate surface area is 183 Å². The van der Waals surface area contributed by atoms with Crippen LogP contribution in [0, 0.1) is 13.8 Å². The number of hydrogen-bond donors (Lipinski definition) is 2. The number of para-hydroxylation sites is 2. The summed E-state index contributed by atoms with van der Waals surface area (Å²) >= 11 is 0. The smallest absolute Gasteiger partial charge is 0.191 e. The van der Waals surface area contributed by atoms with Crippen molar-refractivity contribution in [3.05, 3.63) is 41.7 Å². The van der Waals surface area contributed by atoms with Crippen LogP contribution in [-0.4, -0.2) is 48.1 Å². The lowest BCUT2D eigenvalue weighted by atomic mass is 10.2. The molecule has 0 amide bonds. The molecule has 0 bridgehead atoms. The molecule has 7 nitrogen and oxygen atoms in total. The number of benzene rings is 1. The number of aryl methyl sites for hydroxylation is 3. The normalized spacial score (nSPS) is 15.7. The fourth-order valence-corrected chi connectivity index (χ4v) is 3.02. The predicted molar refractivity (Wildman–Crippen MR) is 122 cm³/mol. The van der Waals surface area contributed by atoms with E-state index in [1.807, 2.05) is 35.9 Å². The number of aromatic nitrogens is 2. The maximum absolute atomic E-state index is 5.96. The summed E-state index contributed by atoms with van der Waals surface area (Å²) in [6.45, 7) is 9.75. The first-order chi connectivity index (χ1) is 13.2. The molecule has 0 saturated heterocycles. The largest absolute Gasteiger partial charge is 0.486 e. The molecule has 0 radical (unpaired) electrons. The molecule has 1 unspecified atom stereocenters. The van der Waals surface area contributed by atoms with Crippen molar-refractivity contribution in [3.8, 4) is 11.5 Å². The maximum Gasteiger partial charge on any atom is 0.191 e. The van der Waals surface area contributed by atoms with Gasteiger partial charge in [-0.2, -0.15) is 5.10 Å². The summed E-state index contributed by atoms with van der Waals surface area (Å²) in [7, 11) is 0. The number of guanidine groups is 1. The van der Waals surface area contributed by atoms with Gasteiger partial charge >= 0.3 is 0 Å². The molecule has 1 atom stereocenters. The lowest BCUT2D eigenvalue weighted by molar-refractivity contribution is 0.0971. The van der Waals surface area contributed by atoms with Gasteiger partial charge in [-0.05, 0) is 45.4 Å². The average molecular weight is 499 g/mol. The van der Waals surface area contributed by atoms with Gasteiger partial charge in [-0.3, -0.25) is 4.68 Å². The quantitative estimate of drug-likeness (QED) is 0.265. The van der Waals surface area contributed by atoms with Crippen molar-refractivity contribution in [3.63, 3.8) is 0 Å². The maximum atomic E-state index is 5.96. The van der Waals surface area contributed by atoms with E-state index < -0.39 is 0 Å². The molecule has 2 N–H and O–H groups in total. The highest BCUT2D eigenvalue weighted by molar-refractivity contribution is 14.0. The minimum absolute atomic E-state index is 0. The van der Waals surface area contributed by atoms with E-state index in [0.717, 1.165) is 49.2 Å². The summed E-state index contributed by atoms with van der Waals surface area (Å²) in [5, 5.41) is 11.1. The average Bonchev–Trinajstić information content (AvgIpc) is 3.00. The number of ether oxygens (including phenoxy) is 2. The molecule has 1 aliphatic rings. The van der Waals surface area contributed by atoms with Crippen LogP contribution in [0.2, 0.25) is 0 Å². The number of halogens is 1. The van der Waals surface area contributed by atoms with Crippen LogP contribution in [0.3, 0.4) is 0 Å². The molecular formula is C20H30IN5O2. The molecule has 0 spiro atoms. The Balaban J connectivity index is 0.00000280. The summed E-state index contributed by atoms with van der Waals surface area (Å²) in [6.07, 6.45) is 0.896. The molecule has 2 heterocycles. The zero-order chi connectivity index (χ0) is 19.1. The highest BCUT2D eigenvalue weighted by Crippen LogP contribution is 2.30. The molecule has 154 valence electrons. The number of nitrogens with zero attached hydrogens (tertiary/aromatic N) is 3. The molecule has 0 fully saturated rings. The third kappa shape index (κ3) is 6.29. The van der Waals surface area contributed by atoms with Crippen molar-refractivity contribution in [1.29, 1.82) is 0 Å². The van der Waals surface area contributed by atoms with Gasteiger partial charge in [0.25, 0.3) is 0 Å². The van der Waals surface area contributed by atoms with Crippen LogP contribution in [0.25, 0.3) is 0 Å². The Morgan fingerprint density at radius 2 is 2.04 bits per heavy atom. The first-order valence-corrected chi connectivity index (χ1v) is 9.57. The summed E-state index contributed by atoms with van der Waals surface area (Å²) in [5.74, 6) is 2.38. The summed E-state index contributed by atoms with van der Waals surface area (Å²) in [4.78, 5) is 4.64. The van der Waals surface area contributed by atoms with E-state index in [2.05, 4.69) is 40.6 Å². The van der Waals surface area contributed by atoms with Gasteiger partial charge in [0, 0.05) is 25.3 Å². The van der Waals surface area contributed by atoms with E-state index >= 15 is 0 Å². The van der Waals surface area contributed by atoms with Gasteiger partial charge in [0.1, 0.15) is 6.61 Å². The Morgan fingerprint density at radius 1 is 1.25 bits per heavy atom. The van der Waals surface area contributed by atoms with Crippen molar-refractivity contribution in [2.24, 2.45) is 4.99 Å². The Hall–Kier alpha value is -1.97. The Kier molecular flexibility index (Phi) is 8.88. The molecule has 1 aromatic carbocycles. The van der Waals surface area contributed by atoms with E-state index in [4.69, 9.17) is 9.47 Å². The second-order valence-electron chi connectivity index (χ2n) is 6.65. The predicted octanol–water partition coefficient (Wildman–Crippen LogP) is 2.90. The summed E-state index contributed by atoms with van der Waals surface area (Å²) in [6, 6.07) is 9.84. The van der Waals surface area contributed by atoms with Gasteiger partial charge in [-0.1, -0.05) is 12.1 Å². The summed E-state index contributed by atoms with van der Waals surface area (Å²) in [5.41, 5.74) is 2.26. The minimum Gasteiger partial charge on any atom is -0.486 e. The third-order valence-electron chi connectivity index (χ3n) is 4.31. The Bertz CT molecular complexity index is 778. The van der Waals surface area contributed by atoms with Gasteiger partial charge < -0.3 is 20.1 Å². The second-order valence-corrected chi connectivity index (χ2v) is 6.65. The molecule has 3 rings (SSSR count). The zero-order valence-corrected chi connectivity index (χ0v) is 19.1. The fraction of sp³-hybridized carbons (Fsp3) is 0.500. The van der Waals surface area contributed by atoms with Crippen LogP contribution in [0.4, 0.5) is 0 Å². The van der Waals surface area contributed by atoms with Crippen molar-refractivity contribution in [2.45, 2.75) is 39.8 Å². The molecule has 8 heteroatoms. The first-order valence-electron chi connectivity index (χ1n) is 9.57. The number of nitrogens with one attached hydrogen (secondary N) is 2. The molecule has 2 aromatic rings. The molecule has 1 aliphatic heterocycles. The molecule has 0 saturated carbocycles. The van der Waals surface area contributed by atoms with Crippen LogP contribution in [0.15, 0.2) is 35.3 Å². The number of rotatable bonds is 7. The van der Waals surface area contributed by atoms with Crippen LogP contribution in [-0.2, 0) is 6.54 Å². The SMILES string of the molecule is CCNC(=NCC1COc2ccccc2O1)NCCCn1nc(C)cc1C.I. The molecular weight excluding hydrogens is 469 g/mol. The molecule has 1 aromatic heterocycles. The highest BCUT2D eigenvalue weighted by atomic mass is 127. The minimum atomic E-state index is -0.0787. The zero-order valence-electron chi connectivity index (χ0n) is 16.8.